The number of hydrogen-bond acceptors (Lipinski definition) is 4. The van der Waals surface area contributed by atoms with E-state index in [0.29, 0.717) is 29.2 Å². The molecule has 3 aromatic rings. The molecule has 0 spiro atoms. The van der Waals surface area contributed by atoms with E-state index in [-0.39, 0.29) is 38.0 Å². The summed E-state index contributed by atoms with van der Waals surface area (Å²) in [5, 5.41) is 8.51. The van der Waals surface area contributed by atoms with Gasteiger partial charge in [0.15, 0.2) is 0 Å². The highest BCUT2D eigenvalue weighted by atomic mass is 19.4. The molecule has 0 radical (unpaired) electrons. The molecule has 3 heterocycles. The summed E-state index contributed by atoms with van der Waals surface area (Å²) in [5.41, 5.74) is 2.53. The lowest BCUT2D eigenvalue weighted by atomic mass is 9.58. The van der Waals surface area contributed by atoms with Crippen LogP contribution in [0.15, 0.2) is 42.7 Å². The number of halogens is 5. The van der Waals surface area contributed by atoms with Gasteiger partial charge < -0.3 is 9.47 Å². The third-order valence-electron chi connectivity index (χ3n) is 9.14. The Bertz CT molecular complexity index is 1410. The number of piperidine rings is 1. The van der Waals surface area contributed by atoms with Crippen molar-refractivity contribution in [2.24, 2.45) is 18.9 Å². The van der Waals surface area contributed by atoms with Crippen LogP contribution in [0.5, 0.6) is 0 Å². The first kappa shape index (κ1) is 27.2. The maximum atomic E-state index is 14.3. The molecule has 2 aromatic carbocycles. The molecule has 0 N–H and O–H groups in total. The minimum atomic E-state index is -4.50. The van der Waals surface area contributed by atoms with Crippen molar-refractivity contribution >= 4 is 5.69 Å². The van der Waals surface area contributed by atoms with Gasteiger partial charge in [-0.25, -0.2) is 8.78 Å². The van der Waals surface area contributed by atoms with Crippen molar-refractivity contribution < 1.29 is 22.0 Å². The number of fused-ring (bicyclic) bond motifs is 1. The Hall–Kier alpha value is -3.01. The molecule has 1 atom stereocenters. The Labute approximate surface area is 231 Å². The number of benzene rings is 2. The van der Waals surface area contributed by atoms with Gasteiger partial charge >= 0.3 is 6.18 Å². The van der Waals surface area contributed by atoms with Crippen LogP contribution in [0.4, 0.5) is 27.6 Å². The zero-order chi connectivity index (χ0) is 28.4. The van der Waals surface area contributed by atoms with Crippen molar-refractivity contribution in [3.8, 4) is 0 Å². The van der Waals surface area contributed by atoms with Crippen molar-refractivity contribution in [3.05, 3.63) is 76.4 Å². The minimum absolute atomic E-state index is 0.161. The first-order valence-electron chi connectivity index (χ1n) is 13.9. The molecule has 1 aliphatic carbocycles. The van der Waals surface area contributed by atoms with Crippen molar-refractivity contribution in [2.75, 3.05) is 18.0 Å². The molecule has 2 fully saturated rings. The molecule has 1 aromatic heterocycles. The summed E-state index contributed by atoms with van der Waals surface area (Å²) in [7, 11) is 1.94. The lowest BCUT2D eigenvalue weighted by Gasteiger charge is -2.46. The van der Waals surface area contributed by atoms with Gasteiger partial charge in [0.1, 0.15) is 12.2 Å². The second-order valence-electron chi connectivity index (χ2n) is 12.2. The zero-order valence-electron chi connectivity index (χ0n) is 23.0. The largest absolute Gasteiger partial charge is 0.416 e. The Morgan fingerprint density at radius 2 is 1.82 bits per heavy atom. The van der Waals surface area contributed by atoms with Crippen LogP contribution in [-0.4, -0.2) is 38.7 Å². The summed E-state index contributed by atoms with van der Waals surface area (Å²) in [4.78, 5) is 3.83. The molecule has 1 saturated heterocycles. The van der Waals surface area contributed by atoms with E-state index in [1.54, 1.807) is 6.33 Å². The summed E-state index contributed by atoms with van der Waals surface area (Å²) in [5.74, 6) is -2.12. The third-order valence-corrected chi connectivity index (χ3v) is 9.14. The minimum Gasteiger partial charge on any atom is -0.363 e. The van der Waals surface area contributed by atoms with E-state index in [9.17, 15) is 22.0 Å². The second-order valence-corrected chi connectivity index (χ2v) is 12.2. The van der Waals surface area contributed by atoms with E-state index < -0.39 is 23.6 Å². The van der Waals surface area contributed by atoms with Crippen LogP contribution in [-0.2, 0) is 38.3 Å². The van der Waals surface area contributed by atoms with Crippen molar-refractivity contribution in [2.45, 2.75) is 70.3 Å². The zero-order valence-corrected chi connectivity index (χ0v) is 23.0. The predicted octanol–water partition coefficient (Wildman–Crippen LogP) is 6.55. The van der Waals surface area contributed by atoms with Gasteiger partial charge in [-0.2, -0.15) is 13.2 Å². The van der Waals surface area contributed by atoms with Gasteiger partial charge in [0.05, 0.1) is 11.0 Å². The summed E-state index contributed by atoms with van der Waals surface area (Å²) in [6.45, 7) is 4.79. The normalized spacial score (nSPS) is 26.6. The Kier molecular flexibility index (Phi) is 6.48. The number of hydrogen-bond donors (Lipinski definition) is 0. The van der Waals surface area contributed by atoms with Gasteiger partial charge in [0.2, 0.25) is 0 Å². The molecule has 214 valence electrons. The lowest BCUT2D eigenvalue weighted by molar-refractivity contribution is -0.138. The van der Waals surface area contributed by atoms with E-state index in [2.05, 4.69) is 29.3 Å². The molecule has 0 amide bonds. The van der Waals surface area contributed by atoms with Gasteiger partial charge in [0, 0.05) is 57.8 Å². The summed E-state index contributed by atoms with van der Waals surface area (Å²) in [6, 6.07) is 11.1. The number of rotatable bonds is 5. The number of aromatic nitrogens is 3. The van der Waals surface area contributed by atoms with Crippen molar-refractivity contribution in [1.82, 2.24) is 19.7 Å². The average Bonchev–Trinajstić information content (AvgIpc) is 3.50. The van der Waals surface area contributed by atoms with Gasteiger partial charge in [-0.3, -0.25) is 4.90 Å². The Balaban J connectivity index is 1.28. The van der Waals surface area contributed by atoms with Gasteiger partial charge in [-0.1, -0.05) is 32.0 Å². The highest BCUT2D eigenvalue weighted by Gasteiger charge is 2.48. The fourth-order valence-corrected chi connectivity index (χ4v) is 7.07. The third kappa shape index (κ3) is 4.67. The smallest absolute Gasteiger partial charge is 0.363 e. The number of likely N-dealkylation sites (tertiary alicyclic amines) is 1. The molecule has 10 heteroatoms. The van der Waals surface area contributed by atoms with Crippen molar-refractivity contribution in [3.63, 3.8) is 0 Å². The molecule has 5 nitrogen and oxygen atoms in total. The van der Waals surface area contributed by atoms with E-state index in [1.807, 2.05) is 39.6 Å². The molecule has 3 aliphatic rings. The van der Waals surface area contributed by atoms with Crippen LogP contribution in [0.2, 0.25) is 0 Å². The van der Waals surface area contributed by atoms with Gasteiger partial charge in [0.25, 0.3) is 5.92 Å². The van der Waals surface area contributed by atoms with Crippen LogP contribution in [0.3, 0.4) is 0 Å². The van der Waals surface area contributed by atoms with Gasteiger partial charge in [-0.05, 0) is 59.2 Å². The summed E-state index contributed by atoms with van der Waals surface area (Å²) >= 11 is 0. The van der Waals surface area contributed by atoms with E-state index >= 15 is 0 Å². The molecular weight excluding hydrogens is 525 g/mol. The fraction of sp³-hybridized carbons (Fsp3) is 0.533. The summed E-state index contributed by atoms with van der Waals surface area (Å²) in [6.07, 6.45) is -1.20. The molecule has 0 unspecified atom stereocenters. The van der Waals surface area contributed by atoms with Crippen LogP contribution < -0.4 is 4.90 Å². The topological polar surface area (TPSA) is 37.2 Å². The standard InChI is InChI=1S/C30H34F5N5/c1-19-12-28(13-19,27-37-36-18-38(27)3)23-5-4-6-24(11-23)40-16-22-9-21(10-26(25(22)17-40)30(33,34)35)15-39-8-7-29(31,32)20(2)14-39/h4-6,9-11,18-20H,7-8,12-17H2,1-3H3/t19?,20-,28?/m1/s1. The van der Waals surface area contributed by atoms with Crippen molar-refractivity contribution in [1.29, 1.82) is 0 Å². The van der Waals surface area contributed by atoms with E-state index in [0.717, 1.165) is 29.9 Å². The van der Waals surface area contributed by atoms with Crippen LogP contribution in [0.1, 0.15) is 66.8 Å². The maximum absolute atomic E-state index is 14.3. The molecule has 40 heavy (non-hydrogen) atoms. The average molecular weight is 560 g/mol. The number of alkyl halides is 5. The first-order chi connectivity index (χ1) is 18.9. The molecule has 6 rings (SSSR count). The number of aryl methyl sites for hydroxylation is 1. The lowest BCUT2D eigenvalue weighted by Crippen LogP contribution is -2.45. The highest BCUT2D eigenvalue weighted by Crippen LogP contribution is 2.52. The number of anilines is 1. The van der Waals surface area contributed by atoms with Crippen LogP contribution in [0.25, 0.3) is 0 Å². The summed E-state index contributed by atoms with van der Waals surface area (Å²) < 4.78 is 72.7. The highest BCUT2D eigenvalue weighted by molar-refractivity contribution is 5.57. The fourth-order valence-electron chi connectivity index (χ4n) is 7.07. The first-order valence-corrected chi connectivity index (χ1v) is 13.9. The SMILES string of the molecule is CC1CC(c2cccc(N3Cc4cc(CN5CCC(F)(F)[C@H](C)C5)cc(C(F)(F)F)c4C3)c2)(c2nncn2C)C1. The molecule has 2 aliphatic heterocycles. The maximum Gasteiger partial charge on any atom is 0.416 e. The molecular formula is C30H34F5N5. The molecule has 1 saturated carbocycles. The molecule has 0 bridgehead atoms. The Morgan fingerprint density at radius 1 is 1.05 bits per heavy atom. The second kappa shape index (κ2) is 9.53. The van der Waals surface area contributed by atoms with E-state index in [4.69, 9.17) is 0 Å². The van der Waals surface area contributed by atoms with Crippen LogP contribution in [0, 0.1) is 11.8 Å². The predicted molar refractivity (Wildman–Crippen MR) is 142 cm³/mol. The quantitative estimate of drug-likeness (QED) is 0.333. The monoisotopic (exact) mass is 559 g/mol. The Morgan fingerprint density at radius 3 is 2.48 bits per heavy atom. The van der Waals surface area contributed by atoms with Gasteiger partial charge in [-0.15, -0.1) is 10.2 Å². The van der Waals surface area contributed by atoms with E-state index in [1.165, 1.54) is 13.0 Å². The number of nitrogens with zero attached hydrogens (tertiary/aromatic N) is 5. The van der Waals surface area contributed by atoms with Crippen LogP contribution >= 0.6 is 0 Å².